The van der Waals surface area contributed by atoms with E-state index in [1.165, 1.54) is 6.20 Å². The third-order valence-electron chi connectivity index (χ3n) is 6.58. The Bertz CT molecular complexity index is 1600. The molecule has 5 rings (SSSR count). The van der Waals surface area contributed by atoms with E-state index in [0.717, 1.165) is 27.9 Å². The fraction of sp³-hybridized carbons (Fsp3) is 0.167. The highest BCUT2D eigenvalue weighted by Crippen LogP contribution is 2.38. The summed E-state index contributed by atoms with van der Waals surface area (Å²) in [7, 11) is 0. The topological polar surface area (TPSA) is 88.0 Å². The maximum absolute atomic E-state index is 13.7. The zero-order valence-corrected chi connectivity index (χ0v) is 22.4. The van der Waals surface area contributed by atoms with Gasteiger partial charge >= 0.3 is 0 Å². The van der Waals surface area contributed by atoms with Gasteiger partial charge in [0.15, 0.2) is 0 Å². The molecule has 4 aromatic rings. The quantitative estimate of drug-likeness (QED) is 0.272. The van der Waals surface area contributed by atoms with Crippen LogP contribution in [0.15, 0.2) is 84.2 Å². The van der Waals surface area contributed by atoms with Crippen molar-refractivity contribution in [2.24, 2.45) is 0 Å². The number of nitrogens with one attached hydrogen (secondary N) is 3. The largest absolute Gasteiger partial charge is 0.343 e. The summed E-state index contributed by atoms with van der Waals surface area (Å²) < 4.78 is 1.67. The van der Waals surface area contributed by atoms with Crippen LogP contribution in [0.5, 0.6) is 0 Å². The van der Waals surface area contributed by atoms with Crippen molar-refractivity contribution in [3.63, 3.8) is 0 Å². The normalized spacial score (nSPS) is 14.5. The number of allylic oxidation sites excluding steroid dienone is 1. The summed E-state index contributed by atoms with van der Waals surface area (Å²) in [5.41, 5.74) is 6.79. The highest BCUT2D eigenvalue weighted by molar-refractivity contribution is 6.30. The first-order valence-electron chi connectivity index (χ1n) is 12.3. The molecule has 1 aliphatic rings. The van der Waals surface area contributed by atoms with E-state index in [-0.39, 0.29) is 11.8 Å². The molecule has 2 heterocycles. The zero-order chi connectivity index (χ0) is 27.0. The summed E-state index contributed by atoms with van der Waals surface area (Å²) in [6, 6.07) is 20.2. The second-order valence-electron chi connectivity index (χ2n) is 9.57. The van der Waals surface area contributed by atoms with Crippen molar-refractivity contribution in [2.45, 2.75) is 33.7 Å². The Hall–Kier alpha value is -4.36. The molecule has 1 atom stereocenters. The molecule has 7 nitrogen and oxygen atoms in total. The van der Waals surface area contributed by atoms with Crippen LogP contribution in [0, 0.1) is 20.8 Å². The summed E-state index contributed by atoms with van der Waals surface area (Å²) in [5.74, 6) is -0.0651. The zero-order valence-electron chi connectivity index (χ0n) is 21.6. The molecular formula is C30H28ClN5O2. The van der Waals surface area contributed by atoms with E-state index >= 15 is 0 Å². The van der Waals surface area contributed by atoms with Crippen LogP contribution >= 0.6 is 11.6 Å². The van der Waals surface area contributed by atoms with Gasteiger partial charge in [0.1, 0.15) is 17.4 Å². The van der Waals surface area contributed by atoms with E-state index in [4.69, 9.17) is 11.6 Å². The summed E-state index contributed by atoms with van der Waals surface area (Å²) in [6.07, 6.45) is 1.52. The number of halogens is 1. The van der Waals surface area contributed by atoms with E-state index in [1.807, 2.05) is 88.4 Å². The van der Waals surface area contributed by atoms with Crippen molar-refractivity contribution >= 4 is 40.6 Å². The molecule has 3 aromatic carbocycles. The SMILES string of the molecule is CC1=C(C(=O)Nc2ccc(C)cc2C)C(c2cccc(Cl)c2)n2ncc(C(=O)Nc3cccc(C)c3)c2N1. The number of fused-ring (bicyclic) bond motifs is 1. The molecule has 1 unspecified atom stereocenters. The lowest BCUT2D eigenvalue weighted by atomic mass is 9.94. The predicted molar refractivity (Wildman–Crippen MR) is 152 cm³/mol. The molecule has 8 heteroatoms. The van der Waals surface area contributed by atoms with E-state index in [9.17, 15) is 9.59 Å². The van der Waals surface area contributed by atoms with E-state index in [2.05, 4.69) is 21.0 Å². The van der Waals surface area contributed by atoms with Crippen LogP contribution < -0.4 is 16.0 Å². The Morgan fingerprint density at radius 1 is 0.895 bits per heavy atom. The van der Waals surface area contributed by atoms with Crippen LogP contribution in [-0.4, -0.2) is 21.6 Å². The second-order valence-corrected chi connectivity index (χ2v) is 10.0. The van der Waals surface area contributed by atoms with Gasteiger partial charge in [-0.15, -0.1) is 0 Å². The summed E-state index contributed by atoms with van der Waals surface area (Å²) in [4.78, 5) is 27.0. The second kappa shape index (κ2) is 10.2. The van der Waals surface area contributed by atoms with Gasteiger partial charge in [-0.25, -0.2) is 4.68 Å². The molecule has 0 radical (unpaired) electrons. The van der Waals surface area contributed by atoms with Gasteiger partial charge in [0.25, 0.3) is 11.8 Å². The summed E-state index contributed by atoms with van der Waals surface area (Å²) in [6.45, 7) is 7.76. The smallest absolute Gasteiger partial charge is 0.261 e. The van der Waals surface area contributed by atoms with Crippen molar-refractivity contribution in [1.82, 2.24) is 9.78 Å². The van der Waals surface area contributed by atoms with Crippen molar-refractivity contribution in [3.8, 4) is 0 Å². The number of amides is 2. The Morgan fingerprint density at radius 3 is 2.39 bits per heavy atom. The van der Waals surface area contributed by atoms with Crippen LogP contribution in [-0.2, 0) is 4.79 Å². The van der Waals surface area contributed by atoms with Crippen LogP contribution in [0.25, 0.3) is 0 Å². The first kappa shape index (κ1) is 25.3. The van der Waals surface area contributed by atoms with Gasteiger partial charge in [-0.1, -0.05) is 53.6 Å². The average molecular weight is 526 g/mol. The lowest BCUT2D eigenvalue weighted by Crippen LogP contribution is -2.32. The number of rotatable bonds is 5. The Morgan fingerprint density at radius 2 is 1.66 bits per heavy atom. The molecule has 0 bridgehead atoms. The number of aryl methyl sites for hydroxylation is 3. The minimum absolute atomic E-state index is 0.265. The third kappa shape index (κ3) is 4.93. The van der Waals surface area contributed by atoms with Gasteiger partial charge in [0.2, 0.25) is 0 Å². The van der Waals surface area contributed by atoms with Crippen molar-refractivity contribution in [1.29, 1.82) is 0 Å². The molecule has 3 N–H and O–H groups in total. The van der Waals surface area contributed by atoms with Crippen molar-refractivity contribution in [2.75, 3.05) is 16.0 Å². The standard InChI is InChI=1S/C30H28ClN5O2/c1-17-7-5-10-23(14-17)34-29(37)24-16-32-36-27(21-8-6-9-22(31)15-21)26(20(4)33-28(24)36)30(38)35-25-12-11-18(2)13-19(25)3/h5-16,27,33H,1-4H3,(H,34,37)(H,35,38). The first-order valence-corrected chi connectivity index (χ1v) is 12.7. The van der Waals surface area contributed by atoms with E-state index in [0.29, 0.717) is 33.4 Å². The maximum atomic E-state index is 13.7. The average Bonchev–Trinajstić information content (AvgIpc) is 3.28. The molecule has 2 amide bonds. The van der Waals surface area contributed by atoms with Gasteiger partial charge < -0.3 is 16.0 Å². The van der Waals surface area contributed by atoms with Gasteiger partial charge in [-0.3, -0.25) is 9.59 Å². The Balaban J connectivity index is 1.55. The summed E-state index contributed by atoms with van der Waals surface area (Å²) >= 11 is 6.35. The molecule has 0 spiro atoms. The van der Waals surface area contributed by atoms with Gasteiger partial charge in [0, 0.05) is 22.1 Å². The number of nitrogens with zero attached hydrogens (tertiary/aromatic N) is 2. The number of aromatic nitrogens is 2. The van der Waals surface area contributed by atoms with Crippen molar-refractivity contribution < 1.29 is 9.59 Å². The first-order chi connectivity index (χ1) is 18.2. The Kier molecular flexibility index (Phi) is 6.78. The van der Waals surface area contributed by atoms with Gasteiger partial charge in [-0.05, 0) is 74.7 Å². The maximum Gasteiger partial charge on any atom is 0.261 e. The fourth-order valence-corrected chi connectivity index (χ4v) is 4.96. The predicted octanol–water partition coefficient (Wildman–Crippen LogP) is 6.64. The number of hydrogen-bond acceptors (Lipinski definition) is 4. The lowest BCUT2D eigenvalue weighted by molar-refractivity contribution is -0.113. The van der Waals surface area contributed by atoms with Crippen LogP contribution in [0.3, 0.4) is 0 Å². The molecule has 38 heavy (non-hydrogen) atoms. The third-order valence-corrected chi connectivity index (χ3v) is 6.82. The van der Waals surface area contributed by atoms with Crippen molar-refractivity contribution in [3.05, 3.63) is 117 Å². The summed E-state index contributed by atoms with van der Waals surface area (Å²) in [5, 5.41) is 14.4. The van der Waals surface area contributed by atoms with E-state index in [1.54, 1.807) is 10.7 Å². The molecule has 1 aliphatic heterocycles. The van der Waals surface area contributed by atoms with Gasteiger partial charge in [0.05, 0.1) is 11.8 Å². The molecule has 192 valence electrons. The highest BCUT2D eigenvalue weighted by Gasteiger charge is 2.35. The number of carbonyl (C=O) groups is 2. The number of anilines is 3. The molecule has 0 saturated carbocycles. The lowest BCUT2D eigenvalue weighted by Gasteiger charge is -2.30. The minimum atomic E-state index is -0.601. The minimum Gasteiger partial charge on any atom is -0.343 e. The molecule has 1 aromatic heterocycles. The van der Waals surface area contributed by atoms with Crippen LogP contribution in [0.2, 0.25) is 5.02 Å². The van der Waals surface area contributed by atoms with Crippen LogP contribution in [0.4, 0.5) is 17.2 Å². The Labute approximate surface area is 226 Å². The highest BCUT2D eigenvalue weighted by atomic mass is 35.5. The molecule has 0 fully saturated rings. The van der Waals surface area contributed by atoms with E-state index < -0.39 is 6.04 Å². The molecule has 0 aliphatic carbocycles. The number of hydrogen-bond donors (Lipinski definition) is 3. The van der Waals surface area contributed by atoms with Gasteiger partial charge in [-0.2, -0.15) is 5.10 Å². The molecule has 0 saturated heterocycles. The number of carbonyl (C=O) groups excluding carboxylic acids is 2. The molecular weight excluding hydrogens is 498 g/mol. The number of benzene rings is 3. The fourth-order valence-electron chi connectivity index (χ4n) is 4.76. The van der Waals surface area contributed by atoms with Crippen LogP contribution in [0.1, 0.15) is 45.6 Å². The monoisotopic (exact) mass is 525 g/mol.